The average Bonchev–Trinajstić information content (AvgIpc) is 2.30. The molecule has 24 heavy (non-hydrogen) atoms. The quantitative estimate of drug-likeness (QED) is 0.658. The third-order valence-electron chi connectivity index (χ3n) is 2.33. The molecule has 0 bridgehead atoms. The molecule has 9 heteroatoms. The van der Waals surface area contributed by atoms with Gasteiger partial charge in [0, 0.05) is 0 Å². The zero-order valence-corrected chi connectivity index (χ0v) is 17.0. The van der Waals surface area contributed by atoms with Crippen molar-refractivity contribution >= 4 is 40.6 Å². The van der Waals surface area contributed by atoms with Crippen LogP contribution in [0.25, 0.3) is 0 Å². The molecule has 0 aromatic carbocycles. The Morgan fingerprint density at radius 2 is 1.46 bits per heavy atom. The third kappa shape index (κ3) is 5.77. The highest BCUT2D eigenvalue weighted by molar-refractivity contribution is 14.1. The molecular weight excluding hydrogens is 429 g/mol. The predicted octanol–water partition coefficient (Wildman–Crippen LogP) is 3.36. The van der Waals surface area contributed by atoms with Crippen molar-refractivity contribution in [1.29, 1.82) is 0 Å². The third-order valence-corrected chi connectivity index (χ3v) is 3.30. The number of nitrogens with zero attached hydrogens (tertiary/aromatic N) is 2. The van der Waals surface area contributed by atoms with Crippen LogP contribution < -0.4 is 10.5 Å². The number of halogens is 1. The second-order valence-electron chi connectivity index (χ2n) is 7.09. The van der Waals surface area contributed by atoms with Crippen LogP contribution in [0.3, 0.4) is 0 Å². The molecule has 0 aliphatic carbocycles. The van der Waals surface area contributed by atoms with Gasteiger partial charge >= 0.3 is 12.2 Å². The van der Waals surface area contributed by atoms with Gasteiger partial charge in [-0.25, -0.2) is 14.6 Å². The first-order valence-electron chi connectivity index (χ1n) is 7.24. The monoisotopic (exact) mass is 451 g/mol. The SMILES string of the molecule is Cc1nc(N(C(=O)OC(C)(C)C)C(=O)OC(C)(C)C)c(I)c(=O)[nH]1. The zero-order valence-electron chi connectivity index (χ0n) is 14.8. The maximum atomic E-state index is 12.5. The normalized spacial score (nSPS) is 11.8. The van der Waals surface area contributed by atoms with E-state index in [-0.39, 0.29) is 15.2 Å². The first kappa shape index (κ1) is 20.4. The summed E-state index contributed by atoms with van der Waals surface area (Å²) in [7, 11) is 0. The number of aromatic nitrogens is 2. The Hall–Kier alpha value is -1.65. The molecule has 0 spiro atoms. The zero-order chi connectivity index (χ0) is 18.9. The Balaban J connectivity index is 3.41. The van der Waals surface area contributed by atoms with Gasteiger partial charge in [-0.15, -0.1) is 0 Å². The van der Waals surface area contributed by atoms with Crippen LogP contribution in [0.4, 0.5) is 15.4 Å². The molecule has 0 aliphatic rings. The van der Waals surface area contributed by atoms with Crippen LogP contribution in [0.2, 0.25) is 0 Å². The van der Waals surface area contributed by atoms with Gasteiger partial charge in [-0.2, -0.15) is 4.90 Å². The van der Waals surface area contributed by atoms with Crippen LogP contribution in [0.15, 0.2) is 4.79 Å². The summed E-state index contributed by atoms with van der Waals surface area (Å²) in [4.78, 5) is 44.2. The van der Waals surface area contributed by atoms with Crippen LogP contribution in [0, 0.1) is 10.5 Å². The molecule has 0 saturated heterocycles. The number of hydrogen-bond donors (Lipinski definition) is 1. The summed E-state index contributed by atoms with van der Waals surface area (Å²) in [6, 6.07) is 0. The molecule has 134 valence electrons. The number of carbonyl (C=O) groups is 2. The van der Waals surface area contributed by atoms with Crippen LogP contribution in [-0.2, 0) is 9.47 Å². The minimum Gasteiger partial charge on any atom is -0.443 e. The molecule has 0 fully saturated rings. The van der Waals surface area contributed by atoms with E-state index >= 15 is 0 Å². The van der Waals surface area contributed by atoms with Crippen molar-refractivity contribution in [1.82, 2.24) is 9.97 Å². The maximum absolute atomic E-state index is 12.5. The van der Waals surface area contributed by atoms with Crippen molar-refractivity contribution in [3.05, 3.63) is 19.7 Å². The van der Waals surface area contributed by atoms with Gasteiger partial charge in [0.1, 0.15) is 20.6 Å². The Morgan fingerprint density at radius 3 is 1.83 bits per heavy atom. The van der Waals surface area contributed by atoms with E-state index in [9.17, 15) is 14.4 Å². The average molecular weight is 451 g/mol. The Bertz CT molecular complexity index is 673. The molecule has 0 saturated carbocycles. The van der Waals surface area contributed by atoms with Gasteiger partial charge in [0.05, 0.1) is 0 Å². The highest BCUT2D eigenvalue weighted by atomic mass is 127. The van der Waals surface area contributed by atoms with Crippen LogP contribution in [0.1, 0.15) is 47.4 Å². The minimum absolute atomic E-state index is 0.0786. The van der Waals surface area contributed by atoms with Gasteiger partial charge in [-0.05, 0) is 71.1 Å². The molecule has 0 atom stereocenters. The summed E-state index contributed by atoms with van der Waals surface area (Å²) in [5.74, 6) is 0.132. The van der Waals surface area contributed by atoms with Gasteiger partial charge < -0.3 is 14.5 Å². The van der Waals surface area contributed by atoms with Crippen molar-refractivity contribution in [2.45, 2.75) is 59.7 Å². The van der Waals surface area contributed by atoms with E-state index in [0.29, 0.717) is 4.90 Å². The number of rotatable bonds is 1. The molecule has 1 heterocycles. The number of H-pyrrole nitrogens is 1. The molecule has 1 N–H and O–H groups in total. The minimum atomic E-state index is -0.966. The molecule has 0 radical (unpaired) electrons. The molecule has 1 aromatic heterocycles. The fraction of sp³-hybridized carbons (Fsp3) is 0.600. The highest BCUT2D eigenvalue weighted by Gasteiger charge is 2.35. The van der Waals surface area contributed by atoms with Gasteiger partial charge in [-0.1, -0.05) is 0 Å². The Kier molecular flexibility index (Phi) is 6.01. The number of aryl methyl sites for hydroxylation is 1. The largest absolute Gasteiger partial charge is 0.443 e. The predicted molar refractivity (Wildman–Crippen MR) is 97.3 cm³/mol. The molecule has 0 aliphatic heterocycles. The Morgan fingerprint density at radius 1 is 1.04 bits per heavy atom. The lowest BCUT2D eigenvalue weighted by Crippen LogP contribution is -2.45. The molecule has 1 aromatic rings. The van der Waals surface area contributed by atoms with E-state index < -0.39 is 28.9 Å². The first-order valence-corrected chi connectivity index (χ1v) is 8.31. The summed E-state index contributed by atoms with van der Waals surface area (Å²) in [6.45, 7) is 11.5. The number of aromatic amines is 1. The summed E-state index contributed by atoms with van der Waals surface area (Å²) in [5, 5.41) is 0. The van der Waals surface area contributed by atoms with Crippen LogP contribution >= 0.6 is 22.6 Å². The van der Waals surface area contributed by atoms with Gasteiger partial charge in [0.25, 0.3) is 5.56 Å². The topological polar surface area (TPSA) is 102 Å². The van der Waals surface area contributed by atoms with Crippen molar-refractivity contribution in [3.8, 4) is 0 Å². The van der Waals surface area contributed by atoms with E-state index in [1.807, 2.05) is 0 Å². The fourth-order valence-corrected chi connectivity index (χ4v) is 2.06. The highest BCUT2D eigenvalue weighted by Crippen LogP contribution is 2.22. The van der Waals surface area contributed by atoms with Crippen LogP contribution in [0.5, 0.6) is 0 Å². The van der Waals surface area contributed by atoms with Crippen molar-refractivity contribution in [2.75, 3.05) is 4.90 Å². The van der Waals surface area contributed by atoms with Crippen molar-refractivity contribution < 1.29 is 19.1 Å². The van der Waals surface area contributed by atoms with E-state index in [2.05, 4.69) is 9.97 Å². The summed E-state index contributed by atoms with van der Waals surface area (Å²) < 4.78 is 10.6. The standard InChI is InChI=1S/C15H22IN3O5/c1-8-17-10(9(16)11(20)18-8)19(12(21)23-14(2,3)4)13(22)24-15(5,6)7/h1-7H3,(H,17,18,20). The van der Waals surface area contributed by atoms with E-state index in [1.54, 1.807) is 71.1 Å². The molecule has 2 amide bonds. The molecule has 1 rings (SSSR count). The Labute approximate surface area is 154 Å². The van der Waals surface area contributed by atoms with Gasteiger partial charge in [-0.3, -0.25) is 4.79 Å². The van der Waals surface area contributed by atoms with Crippen LogP contribution in [-0.4, -0.2) is 33.4 Å². The van der Waals surface area contributed by atoms with Gasteiger partial charge in [0.2, 0.25) is 0 Å². The molecular formula is C15H22IN3O5. The lowest BCUT2D eigenvalue weighted by molar-refractivity contribution is 0.0428. The number of nitrogens with one attached hydrogen (secondary N) is 1. The summed E-state index contributed by atoms with van der Waals surface area (Å²) in [5.41, 5.74) is -2.13. The van der Waals surface area contributed by atoms with Gasteiger partial charge in [0.15, 0.2) is 5.82 Å². The van der Waals surface area contributed by atoms with Crippen molar-refractivity contribution in [3.63, 3.8) is 0 Å². The molecule has 0 unspecified atom stereocenters. The second kappa shape index (κ2) is 7.08. The summed E-state index contributed by atoms with van der Waals surface area (Å²) in [6.07, 6.45) is -1.93. The van der Waals surface area contributed by atoms with E-state index in [4.69, 9.17) is 9.47 Å². The van der Waals surface area contributed by atoms with Crippen molar-refractivity contribution in [2.24, 2.45) is 0 Å². The molecule has 8 nitrogen and oxygen atoms in total. The lowest BCUT2D eigenvalue weighted by Gasteiger charge is -2.28. The second-order valence-corrected chi connectivity index (χ2v) is 8.16. The number of amides is 2. The number of hydrogen-bond acceptors (Lipinski definition) is 6. The number of ether oxygens (including phenoxy) is 2. The fourth-order valence-electron chi connectivity index (χ4n) is 1.57. The smallest absolute Gasteiger partial charge is 0.425 e. The van der Waals surface area contributed by atoms with E-state index in [1.165, 1.54) is 0 Å². The van der Waals surface area contributed by atoms with E-state index in [0.717, 1.165) is 0 Å². The lowest BCUT2D eigenvalue weighted by atomic mass is 10.2. The number of imide groups is 1. The summed E-state index contributed by atoms with van der Waals surface area (Å²) >= 11 is 1.71. The number of carbonyl (C=O) groups excluding carboxylic acids is 2. The first-order chi connectivity index (χ1) is 10.7. The number of anilines is 1. The maximum Gasteiger partial charge on any atom is 0.425 e.